The number of carbonyl (C=O) groups excluding carboxylic acids is 1. The van der Waals surface area contributed by atoms with Gasteiger partial charge in [0.1, 0.15) is 12.4 Å². The zero-order valence-electron chi connectivity index (χ0n) is 17.4. The highest BCUT2D eigenvalue weighted by Gasteiger charge is 2.21. The SMILES string of the molecule is C=C(NNC(=O)c1nnn(-c2nonc2N)c1C)c1ccc(OCc2ccc(Br)cc2)cc1. The summed E-state index contributed by atoms with van der Waals surface area (Å²) in [6, 6.07) is 15.2. The number of rotatable bonds is 8. The van der Waals surface area contributed by atoms with Crippen LogP contribution in [0.1, 0.15) is 27.3 Å². The monoisotopic (exact) mass is 510 g/mol. The summed E-state index contributed by atoms with van der Waals surface area (Å²) in [6.45, 7) is 6.04. The Bertz CT molecular complexity index is 1280. The van der Waals surface area contributed by atoms with E-state index in [4.69, 9.17) is 10.5 Å². The molecule has 0 aliphatic heterocycles. The second-order valence-corrected chi connectivity index (χ2v) is 7.82. The lowest BCUT2D eigenvalue weighted by atomic mass is 10.2. The van der Waals surface area contributed by atoms with E-state index in [9.17, 15) is 4.79 Å². The summed E-state index contributed by atoms with van der Waals surface area (Å²) < 4.78 is 12.6. The summed E-state index contributed by atoms with van der Waals surface area (Å²) in [5.74, 6) is 0.390. The van der Waals surface area contributed by atoms with Gasteiger partial charge in [-0.1, -0.05) is 39.9 Å². The fourth-order valence-electron chi connectivity index (χ4n) is 2.84. The summed E-state index contributed by atoms with van der Waals surface area (Å²) in [5.41, 5.74) is 13.8. The van der Waals surface area contributed by atoms with Crippen molar-refractivity contribution in [3.63, 3.8) is 0 Å². The zero-order chi connectivity index (χ0) is 23.4. The van der Waals surface area contributed by atoms with Crippen molar-refractivity contribution in [2.45, 2.75) is 13.5 Å². The Morgan fingerprint density at radius 2 is 1.88 bits per heavy atom. The molecule has 2 aromatic heterocycles. The first-order chi connectivity index (χ1) is 15.9. The van der Waals surface area contributed by atoms with Gasteiger partial charge in [0.2, 0.25) is 11.6 Å². The molecule has 0 saturated heterocycles. The number of hydrogen-bond donors (Lipinski definition) is 3. The van der Waals surface area contributed by atoms with Crippen LogP contribution in [0.25, 0.3) is 11.5 Å². The van der Waals surface area contributed by atoms with Crippen LogP contribution in [0.15, 0.2) is 64.2 Å². The molecular weight excluding hydrogens is 492 g/mol. The molecular formula is C21H19BrN8O3. The summed E-state index contributed by atoms with van der Waals surface area (Å²) in [5, 5.41) is 14.9. The first kappa shape index (κ1) is 22.0. The van der Waals surface area contributed by atoms with Gasteiger partial charge in [0.25, 0.3) is 5.91 Å². The zero-order valence-corrected chi connectivity index (χ0v) is 19.0. The van der Waals surface area contributed by atoms with Gasteiger partial charge in [-0.2, -0.15) is 4.68 Å². The van der Waals surface area contributed by atoms with E-state index in [1.165, 1.54) is 4.68 Å². The molecule has 33 heavy (non-hydrogen) atoms. The molecule has 0 aliphatic rings. The number of carbonyl (C=O) groups is 1. The van der Waals surface area contributed by atoms with E-state index in [0.717, 1.165) is 15.6 Å². The fraction of sp³-hybridized carbons (Fsp3) is 0.0952. The van der Waals surface area contributed by atoms with Crippen LogP contribution in [-0.2, 0) is 6.61 Å². The van der Waals surface area contributed by atoms with Crippen LogP contribution >= 0.6 is 15.9 Å². The number of hydrogen-bond acceptors (Lipinski definition) is 9. The molecule has 0 fully saturated rings. The van der Waals surface area contributed by atoms with Crippen molar-refractivity contribution in [3.05, 3.63) is 82.1 Å². The van der Waals surface area contributed by atoms with E-state index < -0.39 is 5.91 Å². The summed E-state index contributed by atoms with van der Waals surface area (Å²) >= 11 is 3.41. The van der Waals surface area contributed by atoms with Crippen LogP contribution in [-0.4, -0.2) is 31.2 Å². The number of halogens is 1. The van der Waals surface area contributed by atoms with Gasteiger partial charge < -0.3 is 10.5 Å². The number of anilines is 1. The Hall–Kier alpha value is -4.19. The number of nitrogens with zero attached hydrogens (tertiary/aromatic N) is 5. The summed E-state index contributed by atoms with van der Waals surface area (Å²) in [6.07, 6.45) is 0. The van der Waals surface area contributed by atoms with Crippen LogP contribution in [0, 0.1) is 6.92 Å². The molecule has 2 heterocycles. The number of amides is 1. The molecule has 0 unspecified atom stereocenters. The molecule has 11 nitrogen and oxygen atoms in total. The van der Waals surface area contributed by atoms with Crippen molar-refractivity contribution in [2.24, 2.45) is 0 Å². The predicted molar refractivity (Wildman–Crippen MR) is 123 cm³/mol. The molecule has 0 spiro atoms. The Labute approximate surface area is 196 Å². The van der Waals surface area contributed by atoms with Crippen molar-refractivity contribution < 1.29 is 14.2 Å². The molecule has 4 N–H and O–H groups in total. The third kappa shape index (κ3) is 5.01. The van der Waals surface area contributed by atoms with Crippen molar-refractivity contribution in [1.82, 2.24) is 36.2 Å². The van der Waals surface area contributed by atoms with Gasteiger partial charge in [-0.15, -0.1) is 5.10 Å². The number of hydrazine groups is 1. The van der Waals surface area contributed by atoms with Crippen molar-refractivity contribution in [1.29, 1.82) is 0 Å². The largest absolute Gasteiger partial charge is 0.489 e. The van der Waals surface area contributed by atoms with E-state index in [2.05, 4.69) is 58.6 Å². The van der Waals surface area contributed by atoms with Gasteiger partial charge >= 0.3 is 0 Å². The molecule has 0 aliphatic carbocycles. The molecule has 0 atom stereocenters. The maximum Gasteiger partial charge on any atom is 0.292 e. The average Bonchev–Trinajstić information content (AvgIpc) is 3.42. The smallest absolute Gasteiger partial charge is 0.292 e. The quantitative estimate of drug-likeness (QED) is 0.304. The molecule has 0 saturated carbocycles. The van der Waals surface area contributed by atoms with Gasteiger partial charge in [-0.25, -0.2) is 4.63 Å². The van der Waals surface area contributed by atoms with E-state index in [0.29, 0.717) is 23.7 Å². The number of nitrogens with two attached hydrogens (primary N) is 1. The van der Waals surface area contributed by atoms with Crippen LogP contribution in [0.2, 0.25) is 0 Å². The third-order valence-electron chi connectivity index (χ3n) is 4.65. The lowest BCUT2D eigenvalue weighted by molar-refractivity contribution is 0.0936. The second-order valence-electron chi connectivity index (χ2n) is 6.91. The second kappa shape index (κ2) is 9.53. The van der Waals surface area contributed by atoms with Gasteiger partial charge in [0.15, 0.2) is 5.69 Å². The van der Waals surface area contributed by atoms with E-state index in [1.54, 1.807) is 6.92 Å². The molecule has 4 aromatic rings. The van der Waals surface area contributed by atoms with Gasteiger partial charge in [-0.05, 0) is 64.8 Å². The van der Waals surface area contributed by atoms with Gasteiger partial charge in [-0.3, -0.25) is 15.6 Å². The molecule has 4 rings (SSSR count). The van der Waals surface area contributed by atoms with E-state index in [1.807, 2.05) is 48.5 Å². The highest BCUT2D eigenvalue weighted by Crippen LogP contribution is 2.18. The van der Waals surface area contributed by atoms with Gasteiger partial charge in [0.05, 0.1) is 11.4 Å². The topological polar surface area (TPSA) is 146 Å². The first-order valence-electron chi connectivity index (χ1n) is 9.66. The van der Waals surface area contributed by atoms with Crippen LogP contribution in [0.5, 0.6) is 5.75 Å². The lowest BCUT2D eigenvalue weighted by Gasteiger charge is -2.12. The Morgan fingerprint density at radius 1 is 1.15 bits per heavy atom. The Morgan fingerprint density at radius 3 is 2.55 bits per heavy atom. The van der Waals surface area contributed by atoms with Crippen LogP contribution in [0.4, 0.5) is 5.82 Å². The van der Waals surface area contributed by atoms with Crippen LogP contribution in [0.3, 0.4) is 0 Å². The maximum atomic E-state index is 12.5. The normalized spacial score (nSPS) is 10.6. The maximum absolute atomic E-state index is 12.5. The first-order valence-corrected chi connectivity index (χ1v) is 10.5. The van der Waals surface area contributed by atoms with E-state index in [-0.39, 0.29) is 17.3 Å². The minimum absolute atomic E-state index is 0.0331. The van der Waals surface area contributed by atoms with Crippen molar-refractivity contribution in [3.8, 4) is 11.6 Å². The molecule has 2 aromatic carbocycles. The van der Waals surface area contributed by atoms with Gasteiger partial charge in [0, 0.05) is 4.47 Å². The minimum atomic E-state index is -0.510. The highest BCUT2D eigenvalue weighted by molar-refractivity contribution is 9.10. The van der Waals surface area contributed by atoms with E-state index >= 15 is 0 Å². The molecule has 1 amide bonds. The number of nitrogens with one attached hydrogen (secondary N) is 2. The Balaban J connectivity index is 1.32. The predicted octanol–water partition coefficient (Wildman–Crippen LogP) is 2.79. The molecule has 12 heteroatoms. The molecule has 0 radical (unpaired) electrons. The standard InChI is InChI=1S/C21H19BrN8O3/c1-12(15-5-9-17(10-6-15)32-11-14-3-7-16(22)8-4-14)24-26-21(31)18-13(2)30(29-25-18)20-19(23)27-33-28-20/h3-10,24H,1,11H2,2H3,(H2,23,27)(H,26,31). The van der Waals surface area contributed by atoms with Crippen molar-refractivity contribution in [2.75, 3.05) is 5.73 Å². The summed E-state index contributed by atoms with van der Waals surface area (Å²) in [4.78, 5) is 12.5. The summed E-state index contributed by atoms with van der Waals surface area (Å²) in [7, 11) is 0. The Kier molecular flexibility index (Phi) is 6.36. The highest BCUT2D eigenvalue weighted by atomic mass is 79.9. The minimum Gasteiger partial charge on any atom is -0.489 e. The number of benzene rings is 2. The molecule has 168 valence electrons. The van der Waals surface area contributed by atoms with Crippen molar-refractivity contribution >= 4 is 33.4 Å². The number of ether oxygens (including phenoxy) is 1. The number of nitrogen functional groups attached to an aromatic ring is 1. The van der Waals surface area contributed by atoms with Crippen LogP contribution < -0.4 is 21.3 Å². The fourth-order valence-corrected chi connectivity index (χ4v) is 3.11. The lowest BCUT2D eigenvalue weighted by Crippen LogP contribution is -2.36. The average molecular weight is 511 g/mol. The number of aromatic nitrogens is 5. The third-order valence-corrected chi connectivity index (χ3v) is 5.18. The molecule has 0 bridgehead atoms.